The zero-order valence-electron chi connectivity index (χ0n) is 16.0. The van der Waals surface area contributed by atoms with Gasteiger partial charge in [0.2, 0.25) is 0 Å². The van der Waals surface area contributed by atoms with Crippen LogP contribution in [-0.4, -0.2) is 22.4 Å². The number of carbonyl (C=O) groups is 1. The van der Waals surface area contributed by atoms with E-state index in [2.05, 4.69) is 10.3 Å². The molecule has 30 heavy (non-hydrogen) atoms. The lowest BCUT2D eigenvalue weighted by atomic mass is 9.91. The van der Waals surface area contributed by atoms with Crippen molar-refractivity contribution in [3.8, 4) is 0 Å². The maximum Gasteiger partial charge on any atom is 0.292 e. The number of anilines is 1. The Bertz CT molecular complexity index is 1220. The van der Waals surface area contributed by atoms with Gasteiger partial charge in [-0.1, -0.05) is 48.5 Å². The fraction of sp³-hybridized carbons (Fsp3) is 0.0870. The Balaban J connectivity index is 1.63. The summed E-state index contributed by atoms with van der Waals surface area (Å²) in [5, 5.41) is 15.1. The van der Waals surface area contributed by atoms with E-state index in [0.717, 1.165) is 22.0 Å². The van der Waals surface area contributed by atoms with Gasteiger partial charge in [-0.15, -0.1) is 0 Å². The number of nitro benzene ring substituents is 1. The summed E-state index contributed by atoms with van der Waals surface area (Å²) in [6.45, 7) is 0.336. The molecule has 0 bridgehead atoms. The van der Waals surface area contributed by atoms with E-state index >= 15 is 0 Å². The van der Waals surface area contributed by atoms with Gasteiger partial charge < -0.3 is 16.0 Å². The molecular weight excluding hydrogens is 380 g/mol. The number of hydrogen-bond acceptors (Lipinski definition) is 4. The van der Waals surface area contributed by atoms with E-state index in [1.165, 1.54) is 18.2 Å². The van der Waals surface area contributed by atoms with Crippen LogP contribution in [0.25, 0.3) is 10.9 Å². The summed E-state index contributed by atoms with van der Waals surface area (Å²) >= 11 is 0. The standard InChI is InChI=1S/C23H20N4O3/c24-20-11-10-16(12-22(20)27(29)30)23(28)26-13-18(15-6-2-1-3-7-15)19-14-25-21-9-5-4-8-17(19)21/h1-12,14,18,25H,13,24H2,(H,26,28). The molecule has 0 aliphatic heterocycles. The largest absolute Gasteiger partial charge is 0.393 e. The molecule has 3 aromatic carbocycles. The Morgan fingerprint density at radius 2 is 1.80 bits per heavy atom. The zero-order chi connectivity index (χ0) is 21.1. The van der Waals surface area contributed by atoms with Gasteiger partial charge in [0.25, 0.3) is 11.6 Å². The number of amides is 1. The summed E-state index contributed by atoms with van der Waals surface area (Å²) in [6.07, 6.45) is 1.96. The van der Waals surface area contributed by atoms with Crippen LogP contribution in [0.1, 0.15) is 27.4 Å². The van der Waals surface area contributed by atoms with Gasteiger partial charge in [0.15, 0.2) is 0 Å². The molecule has 4 aromatic rings. The summed E-state index contributed by atoms with van der Waals surface area (Å²) in [4.78, 5) is 26.5. The van der Waals surface area contributed by atoms with Gasteiger partial charge in [-0.2, -0.15) is 0 Å². The molecule has 1 aromatic heterocycles. The van der Waals surface area contributed by atoms with Gasteiger partial charge >= 0.3 is 0 Å². The summed E-state index contributed by atoms with van der Waals surface area (Å²) in [5.41, 5.74) is 8.72. The second-order valence-corrected chi connectivity index (χ2v) is 6.99. The number of aromatic amines is 1. The maximum atomic E-state index is 12.7. The summed E-state index contributed by atoms with van der Waals surface area (Å²) in [5.74, 6) is -0.478. The summed E-state index contributed by atoms with van der Waals surface area (Å²) < 4.78 is 0. The number of nitro groups is 1. The number of nitrogens with one attached hydrogen (secondary N) is 2. The minimum Gasteiger partial charge on any atom is -0.393 e. The van der Waals surface area contributed by atoms with Crippen LogP contribution < -0.4 is 11.1 Å². The molecule has 7 nitrogen and oxygen atoms in total. The first kappa shape index (κ1) is 19.2. The molecule has 150 valence electrons. The van der Waals surface area contributed by atoms with Gasteiger partial charge in [0, 0.05) is 41.2 Å². The Labute approximate surface area is 172 Å². The van der Waals surface area contributed by atoms with Crippen molar-refractivity contribution in [3.63, 3.8) is 0 Å². The molecule has 0 saturated heterocycles. The number of fused-ring (bicyclic) bond motifs is 1. The molecule has 1 unspecified atom stereocenters. The van der Waals surface area contributed by atoms with E-state index < -0.39 is 4.92 Å². The lowest BCUT2D eigenvalue weighted by Crippen LogP contribution is -2.29. The van der Waals surface area contributed by atoms with Crippen molar-refractivity contribution in [2.45, 2.75) is 5.92 Å². The zero-order valence-corrected chi connectivity index (χ0v) is 16.0. The number of para-hydroxylation sites is 1. The highest BCUT2D eigenvalue weighted by atomic mass is 16.6. The van der Waals surface area contributed by atoms with Crippen LogP contribution in [0.4, 0.5) is 11.4 Å². The fourth-order valence-electron chi connectivity index (χ4n) is 3.61. The van der Waals surface area contributed by atoms with Crippen molar-refractivity contribution >= 4 is 28.2 Å². The third-order valence-electron chi connectivity index (χ3n) is 5.15. The van der Waals surface area contributed by atoms with Crippen LogP contribution in [0.5, 0.6) is 0 Å². The van der Waals surface area contributed by atoms with Crippen molar-refractivity contribution in [1.82, 2.24) is 10.3 Å². The number of H-pyrrole nitrogens is 1. The van der Waals surface area contributed by atoms with E-state index in [1.807, 2.05) is 60.8 Å². The monoisotopic (exact) mass is 400 g/mol. The van der Waals surface area contributed by atoms with E-state index in [1.54, 1.807) is 0 Å². The average molecular weight is 400 g/mol. The van der Waals surface area contributed by atoms with Gasteiger partial charge in [0.05, 0.1) is 4.92 Å². The van der Waals surface area contributed by atoms with Crippen LogP contribution in [0.3, 0.4) is 0 Å². The molecule has 1 heterocycles. The number of rotatable bonds is 6. The SMILES string of the molecule is Nc1ccc(C(=O)NCC(c2ccccc2)c2c[nH]c3ccccc23)cc1[N+](=O)[O-]. The first-order valence-corrected chi connectivity index (χ1v) is 9.47. The number of nitrogens with zero attached hydrogens (tertiary/aromatic N) is 1. The molecule has 0 radical (unpaired) electrons. The van der Waals surface area contributed by atoms with E-state index in [9.17, 15) is 14.9 Å². The molecule has 0 fully saturated rings. The highest BCUT2D eigenvalue weighted by molar-refractivity contribution is 5.95. The van der Waals surface area contributed by atoms with Gasteiger partial charge in [-0.05, 0) is 29.3 Å². The maximum absolute atomic E-state index is 12.7. The molecule has 1 amide bonds. The second kappa shape index (κ2) is 8.08. The normalized spacial score (nSPS) is 11.9. The van der Waals surface area contributed by atoms with E-state index in [4.69, 9.17) is 5.73 Å². The predicted molar refractivity (Wildman–Crippen MR) is 116 cm³/mol. The summed E-state index contributed by atoms with van der Waals surface area (Å²) in [7, 11) is 0. The number of hydrogen-bond donors (Lipinski definition) is 3. The highest BCUT2D eigenvalue weighted by Gasteiger charge is 2.20. The number of benzene rings is 3. The topological polar surface area (TPSA) is 114 Å². The lowest BCUT2D eigenvalue weighted by Gasteiger charge is -2.18. The number of nitrogen functional groups attached to an aromatic ring is 1. The van der Waals surface area contributed by atoms with Crippen LogP contribution in [0.2, 0.25) is 0 Å². The van der Waals surface area contributed by atoms with E-state index in [-0.39, 0.29) is 28.8 Å². The minimum absolute atomic E-state index is 0.0255. The molecule has 0 saturated carbocycles. The summed E-state index contributed by atoms with van der Waals surface area (Å²) in [6, 6.07) is 22.0. The third-order valence-corrected chi connectivity index (χ3v) is 5.15. The molecular formula is C23H20N4O3. The van der Waals surface area contributed by atoms with Crippen LogP contribution in [-0.2, 0) is 0 Å². The highest BCUT2D eigenvalue weighted by Crippen LogP contribution is 2.30. The first-order valence-electron chi connectivity index (χ1n) is 9.47. The van der Waals surface area contributed by atoms with Gasteiger partial charge in [-0.25, -0.2) is 0 Å². The Hall–Kier alpha value is -4.13. The predicted octanol–water partition coefficient (Wildman–Crippen LogP) is 4.22. The van der Waals surface area contributed by atoms with Gasteiger partial charge in [-0.3, -0.25) is 14.9 Å². The molecule has 4 N–H and O–H groups in total. The second-order valence-electron chi connectivity index (χ2n) is 6.99. The molecule has 0 aliphatic rings. The number of carbonyl (C=O) groups excluding carboxylic acids is 1. The Kier molecular flexibility index (Phi) is 5.17. The molecule has 1 atom stereocenters. The Morgan fingerprint density at radius 3 is 2.57 bits per heavy atom. The van der Waals surface area contributed by atoms with Crippen LogP contribution in [0, 0.1) is 10.1 Å². The third kappa shape index (κ3) is 3.73. The molecule has 0 spiro atoms. The molecule has 4 rings (SSSR count). The van der Waals surface area contributed by atoms with E-state index in [0.29, 0.717) is 6.54 Å². The number of nitrogens with two attached hydrogens (primary N) is 1. The van der Waals surface area contributed by atoms with Crippen LogP contribution in [0.15, 0.2) is 79.0 Å². The smallest absolute Gasteiger partial charge is 0.292 e. The molecule has 0 aliphatic carbocycles. The van der Waals surface area contributed by atoms with Crippen LogP contribution >= 0.6 is 0 Å². The number of aromatic nitrogens is 1. The van der Waals surface area contributed by atoms with Crippen molar-refractivity contribution in [1.29, 1.82) is 0 Å². The van der Waals surface area contributed by atoms with Crippen molar-refractivity contribution in [3.05, 3.63) is 106 Å². The van der Waals surface area contributed by atoms with Crippen molar-refractivity contribution in [2.75, 3.05) is 12.3 Å². The molecule has 7 heteroatoms. The van der Waals surface area contributed by atoms with Crippen molar-refractivity contribution < 1.29 is 9.72 Å². The van der Waals surface area contributed by atoms with Crippen molar-refractivity contribution in [2.24, 2.45) is 0 Å². The minimum atomic E-state index is -0.592. The Morgan fingerprint density at radius 1 is 1.07 bits per heavy atom. The average Bonchev–Trinajstić information content (AvgIpc) is 3.19. The quantitative estimate of drug-likeness (QED) is 0.255. The van der Waals surface area contributed by atoms with Gasteiger partial charge in [0.1, 0.15) is 5.69 Å². The lowest BCUT2D eigenvalue weighted by molar-refractivity contribution is -0.383. The first-order chi connectivity index (χ1) is 14.5. The fourth-order valence-corrected chi connectivity index (χ4v) is 3.61.